The lowest BCUT2D eigenvalue weighted by Gasteiger charge is -2.22. The Hall–Kier alpha value is -2.29. The smallest absolute Gasteiger partial charge is 0.319 e. The van der Waals surface area contributed by atoms with Gasteiger partial charge < -0.3 is 15.7 Å². The number of rotatable bonds is 4. The zero-order chi connectivity index (χ0) is 15.3. The summed E-state index contributed by atoms with van der Waals surface area (Å²) in [5, 5.41) is 19.4. The fourth-order valence-corrected chi connectivity index (χ4v) is 2.57. The van der Waals surface area contributed by atoms with Crippen LogP contribution in [-0.2, 0) is 5.60 Å². The van der Waals surface area contributed by atoms with Gasteiger partial charge in [0, 0.05) is 11.3 Å². The van der Waals surface area contributed by atoms with Crippen molar-refractivity contribution in [3.8, 4) is 12.3 Å². The molecule has 2 aromatic rings. The molecular weight excluding hydrogens is 284 g/mol. The second-order valence-corrected chi connectivity index (χ2v) is 5.60. The summed E-state index contributed by atoms with van der Waals surface area (Å²) in [7, 11) is 0. The van der Waals surface area contributed by atoms with Crippen molar-refractivity contribution in [1.29, 1.82) is 0 Å². The van der Waals surface area contributed by atoms with Crippen LogP contribution in [0.4, 0.5) is 10.5 Å². The molecule has 5 heteroatoms. The number of nitrogens with one attached hydrogen (secondary N) is 2. The average molecular weight is 300 g/mol. The summed E-state index contributed by atoms with van der Waals surface area (Å²) in [6.45, 7) is 1.78. The number of aliphatic hydroxyl groups is 1. The van der Waals surface area contributed by atoms with Crippen LogP contribution in [0.2, 0.25) is 0 Å². The van der Waals surface area contributed by atoms with Gasteiger partial charge in [-0.1, -0.05) is 12.0 Å². The van der Waals surface area contributed by atoms with Crippen molar-refractivity contribution in [3.05, 3.63) is 52.2 Å². The van der Waals surface area contributed by atoms with Crippen LogP contribution in [0.3, 0.4) is 0 Å². The average Bonchev–Trinajstić information content (AvgIpc) is 3.00. The van der Waals surface area contributed by atoms with Crippen LogP contribution in [0.25, 0.3) is 0 Å². The zero-order valence-electron chi connectivity index (χ0n) is 11.6. The van der Waals surface area contributed by atoms with Gasteiger partial charge in [-0.25, -0.2) is 4.79 Å². The van der Waals surface area contributed by atoms with Gasteiger partial charge in [0.15, 0.2) is 0 Å². The molecule has 2 amide bonds. The van der Waals surface area contributed by atoms with Crippen LogP contribution in [-0.4, -0.2) is 17.7 Å². The first-order valence-corrected chi connectivity index (χ1v) is 7.32. The summed E-state index contributed by atoms with van der Waals surface area (Å²) in [5.74, 6) is 2.50. The minimum atomic E-state index is -1.10. The second kappa shape index (κ2) is 6.44. The molecule has 0 fully saturated rings. The van der Waals surface area contributed by atoms with Crippen molar-refractivity contribution >= 4 is 23.1 Å². The largest absolute Gasteiger partial charge is 0.384 e. The van der Waals surface area contributed by atoms with E-state index in [4.69, 9.17) is 6.42 Å². The SMILES string of the molecule is C#Cc1cccc(NC(=O)NCC(C)(O)c2ccsc2)c1. The van der Waals surface area contributed by atoms with Gasteiger partial charge in [0.1, 0.15) is 5.60 Å². The molecule has 21 heavy (non-hydrogen) atoms. The van der Waals surface area contributed by atoms with E-state index >= 15 is 0 Å². The van der Waals surface area contributed by atoms with Crippen molar-refractivity contribution in [2.75, 3.05) is 11.9 Å². The summed E-state index contributed by atoms with van der Waals surface area (Å²) in [6.07, 6.45) is 5.31. The molecule has 0 saturated carbocycles. The molecule has 1 heterocycles. The number of anilines is 1. The fourth-order valence-electron chi connectivity index (χ4n) is 1.79. The third-order valence-corrected chi connectivity index (χ3v) is 3.71. The maximum absolute atomic E-state index is 11.8. The highest BCUT2D eigenvalue weighted by molar-refractivity contribution is 7.08. The van der Waals surface area contributed by atoms with E-state index in [1.807, 2.05) is 16.8 Å². The van der Waals surface area contributed by atoms with Crippen LogP contribution in [0.5, 0.6) is 0 Å². The van der Waals surface area contributed by atoms with Gasteiger partial charge in [-0.05, 0) is 47.5 Å². The zero-order valence-corrected chi connectivity index (χ0v) is 12.4. The number of terminal acetylenes is 1. The molecule has 0 bridgehead atoms. The highest BCUT2D eigenvalue weighted by Gasteiger charge is 2.24. The summed E-state index contributed by atoms with van der Waals surface area (Å²) in [4.78, 5) is 11.8. The summed E-state index contributed by atoms with van der Waals surface area (Å²) in [5.41, 5.74) is 0.983. The topological polar surface area (TPSA) is 61.4 Å². The number of hydrogen-bond acceptors (Lipinski definition) is 3. The predicted octanol–water partition coefficient (Wildman–Crippen LogP) is 2.76. The molecule has 1 aromatic carbocycles. The van der Waals surface area contributed by atoms with Crippen molar-refractivity contribution in [3.63, 3.8) is 0 Å². The minimum Gasteiger partial charge on any atom is -0.384 e. The van der Waals surface area contributed by atoms with E-state index in [1.54, 1.807) is 31.2 Å². The molecule has 0 aliphatic carbocycles. The summed E-state index contributed by atoms with van der Waals surface area (Å²) < 4.78 is 0. The third kappa shape index (κ3) is 4.09. The Bertz CT molecular complexity index is 657. The summed E-state index contributed by atoms with van der Waals surface area (Å²) >= 11 is 1.50. The standard InChI is InChI=1S/C16H16N2O2S/c1-3-12-5-4-6-14(9-12)18-15(19)17-11-16(2,20)13-7-8-21-10-13/h1,4-10,20H,11H2,2H3,(H2,17,18,19). The minimum absolute atomic E-state index is 0.115. The molecule has 0 spiro atoms. The summed E-state index contributed by atoms with van der Waals surface area (Å²) in [6, 6.07) is 8.45. The molecule has 0 saturated heterocycles. The molecule has 2 rings (SSSR count). The number of carbonyl (C=O) groups excluding carboxylic acids is 1. The van der Waals surface area contributed by atoms with E-state index in [0.29, 0.717) is 11.3 Å². The van der Waals surface area contributed by atoms with Gasteiger partial charge in [-0.3, -0.25) is 0 Å². The Labute approximate surface area is 127 Å². The van der Waals surface area contributed by atoms with Crippen LogP contribution in [0.15, 0.2) is 41.1 Å². The highest BCUT2D eigenvalue weighted by Crippen LogP contribution is 2.22. The molecule has 0 aliphatic rings. The maximum Gasteiger partial charge on any atom is 0.319 e. The highest BCUT2D eigenvalue weighted by atomic mass is 32.1. The van der Waals surface area contributed by atoms with Crippen molar-refractivity contribution in [2.45, 2.75) is 12.5 Å². The molecule has 1 aromatic heterocycles. The van der Waals surface area contributed by atoms with Gasteiger partial charge in [0.05, 0.1) is 6.54 Å². The third-order valence-electron chi connectivity index (χ3n) is 3.02. The van der Waals surface area contributed by atoms with Crippen molar-refractivity contribution in [2.24, 2.45) is 0 Å². The van der Waals surface area contributed by atoms with Gasteiger partial charge in [-0.2, -0.15) is 11.3 Å². The Kier molecular flexibility index (Phi) is 4.63. The van der Waals surface area contributed by atoms with Crippen LogP contribution < -0.4 is 10.6 Å². The van der Waals surface area contributed by atoms with Crippen LogP contribution >= 0.6 is 11.3 Å². The first-order valence-electron chi connectivity index (χ1n) is 6.38. The van der Waals surface area contributed by atoms with E-state index in [2.05, 4.69) is 16.6 Å². The van der Waals surface area contributed by atoms with E-state index in [1.165, 1.54) is 11.3 Å². The Morgan fingerprint density at radius 3 is 2.95 bits per heavy atom. The van der Waals surface area contributed by atoms with E-state index < -0.39 is 5.60 Å². The molecule has 4 nitrogen and oxygen atoms in total. The fraction of sp³-hybridized carbons (Fsp3) is 0.188. The molecule has 108 valence electrons. The van der Waals surface area contributed by atoms with Gasteiger partial charge in [0.25, 0.3) is 0 Å². The molecule has 3 N–H and O–H groups in total. The normalized spacial score (nSPS) is 13.0. The monoisotopic (exact) mass is 300 g/mol. The number of hydrogen-bond donors (Lipinski definition) is 3. The Balaban J connectivity index is 1.92. The Morgan fingerprint density at radius 1 is 1.48 bits per heavy atom. The lowest BCUT2D eigenvalue weighted by Crippen LogP contribution is -2.40. The second-order valence-electron chi connectivity index (χ2n) is 4.82. The first-order chi connectivity index (χ1) is 10.0. The van der Waals surface area contributed by atoms with E-state index in [-0.39, 0.29) is 12.6 Å². The lowest BCUT2D eigenvalue weighted by atomic mass is 9.99. The lowest BCUT2D eigenvalue weighted by molar-refractivity contribution is 0.0604. The molecular formula is C16H16N2O2S. The van der Waals surface area contributed by atoms with Crippen LogP contribution in [0.1, 0.15) is 18.1 Å². The first kappa shape index (κ1) is 15.1. The van der Waals surface area contributed by atoms with Gasteiger partial charge in [0.2, 0.25) is 0 Å². The number of carbonyl (C=O) groups is 1. The van der Waals surface area contributed by atoms with E-state index in [0.717, 1.165) is 5.56 Å². The number of thiophene rings is 1. The molecule has 1 atom stereocenters. The van der Waals surface area contributed by atoms with Gasteiger partial charge >= 0.3 is 6.03 Å². The molecule has 0 aliphatic heterocycles. The molecule has 0 radical (unpaired) electrons. The van der Waals surface area contributed by atoms with Crippen molar-refractivity contribution < 1.29 is 9.90 Å². The quantitative estimate of drug-likeness (QED) is 0.760. The Morgan fingerprint density at radius 2 is 2.29 bits per heavy atom. The predicted molar refractivity (Wildman–Crippen MR) is 85.3 cm³/mol. The maximum atomic E-state index is 11.8. The van der Waals surface area contributed by atoms with Crippen LogP contribution in [0, 0.1) is 12.3 Å². The van der Waals surface area contributed by atoms with E-state index in [9.17, 15) is 9.90 Å². The van der Waals surface area contributed by atoms with Gasteiger partial charge in [-0.15, -0.1) is 6.42 Å². The van der Waals surface area contributed by atoms with Crippen molar-refractivity contribution in [1.82, 2.24) is 5.32 Å². The number of urea groups is 1. The molecule has 1 unspecified atom stereocenters. The number of amides is 2. The number of benzene rings is 1.